The first-order chi connectivity index (χ1) is 9.63. The van der Waals surface area contributed by atoms with Gasteiger partial charge in [0.1, 0.15) is 12.4 Å². The van der Waals surface area contributed by atoms with E-state index in [0.717, 1.165) is 10.0 Å². The van der Waals surface area contributed by atoms with Crippen molar-refractivity contribution in [3.63, 3.8) is 0 Å². The lowest BCUT2D eigenvalue weighted by Crippen LogP contribution is -2.00. The Morgan fingerprint density at radius 3 is 2.35 bits per heavy atom. The molecule has 0 saturated carbocycles. The van der Waals surface area contributed by atoms with E-state index in [-0.39, 0.29) is 0 Å². The van der Waals surface area contributed by atoms with Crippen molar-refractivity contribution in [2.45, 2.75) is 6.61 Å². The van der Waals surface area contributed by atoms with Crippen molar-refractivity contribution in [2.75, 3.05) is 20.0 Å². The fraction of sp³-hybridized carbons (Fsp3) is 0.200. The van der Waals surface area contributed by atoms with E-state index in [1.807, 2.05) is 24.3 Å². The Kier molecular flexibility index (Phi) is 4.74. The summed E-state index contributed by atoms with van der Waals surface area (Å²) in [5.41, 5.74) is 7.51. The van der Waals surface area contributed by atoms with Crippen LogP contribution in [0.2, 0.25) is 0 Å². The lowest BCUT2D eigenvalue weighted by molar-refractivity contribution is 0.302. The first-order valence-electron chi connectivity index (χ1n) is 6.02. The average Bonchev–Trinajstić information content (AvgIpc) is 2.45. The number of methoxy groups -OCH3 is 2. The molecule has 2 aromatic carbocycles. The number of hydrogen-bond acceptors (Lipinski definition) is 4. The zero-order chi connectivity index (χ0) is 14.5. The number of ether oxygens (including phenoxy) is 3. The van der Waals surface area contributed by atoms with E-state index in [4.69, 9.17) is 19.9 Å². The van der Waals surface area contributed by atoms with E-state index in [2.05, 4.69) is 15.9 Å². The van der Waals surface area contributed by atoms with Crippen LogP contribution < -0.4 is 19.9 Å². The average molecular weight is 338 g/mol. The highest BCUT2D eigenvalue weighted by atomic mass is 79.9. The van der Waals surface area contributed by atoms with Gasteiger partial charge in [0.15, 0.2) is 11.5 Å². The second-order valence-corrected chi connectivity index (χ2v) is 5.08. The molecule has 0 amide bonds. The molecular weight excluding hydrogens is 322 g/mol. The molecule has 5 heteroatoms. The number of rotatable bonds is 5. The van der Waals surface area contributed by atoms with E-state index >= 15 is 0 Å². The van der Waals surface area contributed by atoms with Crippen molar-refractivity contribution >= 4 is 21.6 Å². The summed E-state index contributed by atoms with van der Waals surface area (Å²) in [4.78, 5) is 0. The SMILES string of the molecule is COc1cc(N)c(OCc2cccc(Br)c2)cc1OC. The Morgan fingerprint density at radius 2 is 1.70 bits per heavy atom. The quantitative estimate of drug-likeness (QED) is 0.846. The molecule has 0 aromatic heterocycles. The molecule has 0 saturated heterocycles. The smallest absolute Gasteiger partial charge is 0.164 e. The number of nitrogen functional groups attached to an aromatic ring is 1. The molecule has 4 nitrogen and oxygen atoms in total. The van der Waals surface area contributed by atoms with Gasteiger partial charge < -0.3 is 19.9 Å². The fourth-order valence-electron chi connectivity index (χ4n) is 1.79. The molecule has 0 aliphatic heterocycles. The summed E-state index contributed by atoms with van der Waals surface area (Å²) >= 11 is 3.43. The van der Waals surface area contributed by atoms with E-state index in [9.17, 15) is 0 Å². The van der Waals surface area contributed by atoms with Crippen LogP contribution in [0, 0.1) is 0 Å². The summed E-state index contributed by atoms with van der Waals surface area (Å²) in [6.45, 7) is 0.430. The largest absolute Gasteiger partial charge is 0.493 e. The van der Waals surface area contributed by atoms with Gasteiger partial charge in [-0.15, -0.1) is 0 Å². The molecule has 2 N–H and O–H groups in total. The van der Waals surface area contributed by atoms with E-state index in [0.29, 0.717) is 29.5 Å². The van der Waals surface area contributed by atoms with Gasteiger partial charge in [0.05, 0.1) is 19.9 Å². The van der Waals surface area contributed by atoms with Gasteiger partial charge in [-0.25, -0.2) is 0 Å². The molecule has 0 atom stereocenters. The van der Waals surface area contributed by atoms with Crippen molar-refractivity contribution in [2.24, 2.45) is 0 Å². The van der Waals surface area contributed by atoms with E-state index < -0.39 is 0 Å². The van der Waals surface area contributed by atoms with Gasteiger partial charge in [0.25, 0.3) is 0 Å². The highest BCUT2D eigenvalue weighted by molar-refractivity contribution is 9.10. The van der Waals surface area contributed by atoms with Crippen LogP contribution in [0.3, 0.4) is 0 Å². The second-order valence-electron chi connectivity index (χ2n) is 4.16. The van der Waals surface area contributed by atoms with Crippen molar-refractivity contribution < 1.29 is 14.2 Å². The summed E-state index contributed by atoms with van der Waals surface area (Å²) in [7, 11) is 3.14. The maximum atomic E-state index is 5.94. The fourth-order valence-corrected chi connectivity index (χ4v) is 2.24. The van der Waals surface area contributed by atoms with Crippen LogP contribution in [0.5, 0.6) is 17.2 Å². The predicted octanol–water partition coefficient (Wildman–Crippen LogP) is 3.63. The highest BCUT2D eigenvalue weighted by Crippen LogP contribution is 2.36. The minimum absolute atomic E-state index is 0.430. The summed E-state index contributed by atoms with van der Waals surface area (Å²) < 4.78 is 17.2. The van der Waals surface area contributed by atoms with E-state index in [1.54, 1.807) is 26.4 Å². The number of hydrogen-bond donors (Lipinski definition) is 1. The summed E-state index contributed by atoms with van der Waals surface area (Å²) in [5, 5.41) is 0. The van der Waals surface area contributed by atoms with Crippen LogP contribution in [-0.4, -0.2) is 14.2 Å². The number of benzene rings is 2. The van der Waals surface area contributed by atoms with Gasteiger partial charge in [-0.3, -0.25) is 0 Å². The Balaban J connectivity index is 2.17. The zero-order valence-corrected chi connectivity index (χ0v) is 12.9. The monoisotopic (exact) mass is 337 g/mol. The van der Waals surface area contributed by atoms with E-state index in [1.165, 1.54) is 0 Å². The maximum absolute atomic E-state index is 5.94. The number of nitrogens with two attached hydrogens (primary N) is 1. The minimum Gasteiger partial charge on any atom is -0.493 e. The van der Waals surface area contributed by atoms with Gasteiger partial charge in [0, 0.05) is 16.6 Å². The lowest BCUT2D eigenvalue weighted by atomic mass is 10.2. The standard InChI is InChI=1S/C15H16BrNO3/c1-18-14-7-12(17)13(8-15(14)19-2)20-9-10-4-3-5-11(16)6-10/h3-8H,9,17H2,1-2H3. The van der Waals surface area contributed by atoms with Crippen molar-refractivity contribution in [1.29, 1.82) is 0 Å². The molecule has 0 heterocycles. The van der Waals surface area contributed by atoms with Gasteiger partial charge in [-0.05, 0) is 17.7 Å². The topological polar surface area (TPSA) is 53.7 Å². The third-order valence-corrected chi connectivity index (χ3v) is 3.29. The molecule has 0 bridgehead atoms. The molecular formula is C15H16BrNO3. The summed E-state index contributed by atoms with van der Waals surface area (Å²) in [5.74, 6) is 1.74. The highest BCUT2D eigenvalue weighted by Gasteiger charge is 2.10. The van der Waals surface area contributed by atoms with Gasteiger partial charge in [0.2, 0.25) is 0 Å². The second kappa shape index (κ2) is 6.52. The molecule has 20 heavy (non-hydrogen) atoms. The van der Waals surface area contributed by atoms with Gasteiger partial charge in [-0.2, -0.15) is 0 Å². The Morgan fingerprint density at radius 1 is 1.00 bits per heavy atom. The molecule has 0 aliphatic carbocycles. The molecule has 0 spiro atoms. The molecule has 0 fully saturated rings. The lowest BCUT2D eigenvalue weighted by Gasteiger charge is -2.13. The first-order valence-corrected chi connectivity index (χ1v) is 6.82. The van der Waals surface area contributed by atoms with Crippen LogP contribution in [0.25, 0.3) is 0 Å². The molecule has 0 radical (unpaired) electrons. The molecule has 106 valence electrons. The Labute approximate surface area is 126 Å². The number of halogens is 1. The first kappa shape index (κ1) is 14.5. The minimum atomic E-state index is 0.430. The van der Waals surface area contributed by atoms with Crippen LogP contribution in [0.1, 0.15) is 5.56 Å². The maximum Gasteiger partial charge on any atom is 0.164 e. The van der Waals surface area contributed by atoms with Crippen molar-refractivity contribution in [1.82, 2.24) is 0 Å². The Hall–Kier alpha value is -1.88. The van der Waals surface area contributed by atoms with Crippen molar-refractivity contribution in [3.05, 3.63) is 46.4 Å². The van der Waals surface area contributed by atoms with Crippen LogP contribution in [0.4, 0.5) is 5.69 Å². The molecule has 2 rings (SSSR count). The molecule has 0 unspecified atom stereocenters. The normalized spacial score (nSPS) is 10.2. The number of anilines is 1. The van der Waals surface area contributed by atoms with Gasteiger partial charge >= 0.3 is 0 Å². The van der Waals surface area contributed by atoms with Crippen LogP contribution in [-0.2, 0) is 6.61 Å². The summed E-state index contributed by atoms with van der Waals surface area (Å²) in [6, 6.07) is 11.3. The van der Waals surface area contributed by atoms with Crippen LogP contribution in [0.15, 0.2) is 40.9 Å². The third kappa shape index (κ3) is 3.36. The summed E-state index contributed by atoms with van der Waals surface area (Å²) in [6.07, 6.45) is 0. The zero-order valence-electron chi connectivity index (χ0n) is 11.4. The predicted molar refractivity (Wildman–Crippen MR) is 82.4 cm³/mol. The van der Waals surface area contributed by atoms with Crippen molar-refractivity contribution in [3.8, 4) is 17.2 Å². The Bertz CT molecular complexity index is 602. The molecule has 2 aromatic rings. The molecule has 0 aliphatic rings. The van der Waals surface area contributed by atoms with Crippen LogP contribution >= 0.6 is 15.9 Å². The van der Waals surface area contributed by atoms with Gasteiger partial charge in [-0.1, -0.05) is 28.1 Å². The third-order valence-electron chi connectivity index (χ3n) is 2.80.